The third kappa shape index (κ3) is 3.31. The molecule has 0 bridgehead atoms. The summed E-state index contributed by atoms with van der Waals surface area (Å²) in [6, 6.07) is 12.5. The molecular formula is C23H21FN4O2. The molecule has 0 spiro atoms. The summed E-state index contributed by atoms with van der Waals surface area (Å²) in [6.45, 7) is 1.35. The highest BCUT2D eigenvalue weighted by Gasteiger charge is 2.25. The van der Waals surface area contributed by atoms with Crippen molar-refractivity contribution in [3.8, 4) is 11.3 Å². The van der Waals surface area contributed by atoms with E-state index >= 15 is 0 Å². The molecule has 1 fully saturated rings. The lowest BCUT2D eigenvalue weighted by atomic mass is 10.0. The summed E-state index contributed by atoms with van der Waals surface area (Å²) in [6.07, 6.45) is 5.11. The minimum Gasteiger partial charge on any atom is -0.381 e. The monoisotopic (exact) mass is 404 g/mol. The molecule has 1 aliphatic rings. The summed E-state index contributed by atoms with van der Waals surface area (Å²) < 4.78 is 22.4. The normalized spacial score (nSPS) is 16.4. The predicted octanol–water partition coefficient (Wildman–Crippen LogP) is 3.33. The fourth-order valence-corrected chi connectivity index (χ4v) is 3.98. The first-order valence-electron chi connectivity index (χ1n) is 9.96. The molecule has 1 unspecified atom stereocenters. The smallest absolute Gasteiger partial charge is 0.276 e. The summed E-state index contributed by atoms with van der Waals surface area (Å²) in [5.74, 6) is 0.580. The molecule has 7 heteroatoms. The quantitative estimate of drug-likeness (QED) is 0.490. The molecule has 1 saturated heterocycles. The van der Waals surface area contributed by atoms with E-state index in [1.165, 1.54) is 6.07 Å². The second-order valence-electron chi connectivity index (χ2n) is 7.63. The Hall–Kier alpha value is -3.32. The highest BCUT2D eigenvalue weighted by Crippen LogP contribution is 2.27. The highest BCUT2D eigenvalue weighted by molar-refractivity contribution is 5.60. The van der Waals surface area contributed by atoms with E-state index in [4.69, 9.17) is 9.72 Å². The Kier molecular flexibility index (Phi) is 4.67. The highest BCUT2D eigenvalue weighted by atomic mass is 19.1. The SMILES string of the molecule is Cn1ccn2c(C3CCOC3)nc(Cc3ccc(-c4cccc(F)n4)cc3)c2c1=O. The maximum absolute atomic E-state index is 13.4. The number of pyridine rings is 1. The van der Waals surface area contributed by atoms with E-state index in [2.05, 4.69) is 4.98 Å². The van der Waals surface area contributed by atoms with Crippen LogP contribution in [0, 0.1) is 5.95 Å². The lowest BCUT2D eigenvalue weighted by Gasteiger charge is -2.06. The topological polar surface area (TPSA) is 61.4 Å². The van der Waals surface area contributed by atoms with Crippen molar-refractivity contribution in [1.29, 1.82) is 0 Å². The number of hydrogen-bond donors (Lipinski definition) is 0. The fourth-order valence-electron chi connectivity index (χ4n) is 3.98. The van der Waals surface area contributed by atoms with Gasteiger partial charge in [-0.15, -0.1) is 0 Å². The molecule has 5 rings (SSSR count). The van der Waals surface area contributed by atoms with Crippen LogP contribution in [-0.2, 0) is 18.2 Å². The number of halogens is 1. The number of hydrogen-bond acceptors (Lipinski definition) is 4. The van der Waals surface area contributed by atoms with Crippen LogP contribution >= 0.6 is 0 Å². The first-order chi connectivity index (χ1) is 14.6. The van der Waals surface area contributed by atoms with Gasteiger partial charge in [-0.25, -0.2) is 9.97 Å². The van der Waals surface area contributed by atoms with Gasteiger partial charge >= 0.3 is 0 Å². The Morgan fingerprint density at radius 2 is 1.97 bits per heavy atom. The number of aryl methyl sites for hydroxylation is 1. The van der Waals surface area contributed by atoms with Gasteiger partial charge in [0, 0.05) is 44.0 Å². The molecule has 0 N–H and O–H groups in total. The van der Waals surface area contributed by atoms with E-state index in [0.717, 1.165) is 35.7 Å². The van der Waals surface area contributed by atoms with E-state index in [-0.39, 0.29) is 11.5 Å². The Labute approximate surface area is 172 Å². The molecule has 0 radical (unpaired) electrons. The van der Waals surface area contributed by atoms with Crippen molar-refractivity contribution < 1.29 is 9.13 Å². The van der Waals surface area contributed by atoms with E-state index < -0.39 is 5.95 Å². The molecule has 0 saturated carbocycles. The van der Waals surface area contributed by atoms with E-state index in [9.17, 15) is 9.18 Å². The number of benzene rings is 1. The summed E-state index contributed by atoms with van der Waals surface area (Å²) in [4.78, 5) is 21.7. The lowest BCUT2D eigenvalue weighted by Crippen LogP contribution is -2.19. The van der Waals surface area contributed by atoms with Gasteiger partial charge in [-0.2, -0.15) is 4.39 Å². The van der Waals surface area contributed by atoms with Crippen LogP contribution in [-0.4, -0.2) is 32.1 Å². The minimum atomic E-state index is -0.500. The van der Waals surface area contributed by atoms with E-state index in [1.54, 1.807) is 29.9 Å². The maximum atomic E-state index is 13.4. The molecule has 1 aromatic carbocycles. The zero-order chi connectivity index (χ0) is 20.7. The first-order valence-corrected chi connectivity index (χ1v) is 9.96. The zero-order valence-corrected chi connectivity index (χ0v) is 16.6. The number of aromatic nitrogens is 4. The van der Waals surface area contributed by atoms with Crippen LogP contribution < -0.4 is 5.56 Å². The Balaban J connectivity index is 1.52. The molecule has 1 aliphatic heterocycles. The van der Waals surface area contributed by atoms with Gasteiger partial charge in [-0.05, 0) is 24.1 Å². The molecular weight excluding hydrogens is 383 g/mol. The van der Waals surface area contributed by atoms with Gasteiger partial charge in [0.25, 0.3) is 5.56 Å². The molecule has 4 heterocycles. The third-order valence-corrected chi connectivity index (χ3v) is 5.60. The van der Waals surface area contributed by atoms with Crippen LogP contribution in [0.25, 0.3) is 16.8 Å². The van der Waals surface area contributed by atoms with E-state index in [0.29, 0.717) is 24.2 Å². The molecule has 1 atom stereocenters. The van der Waals surface area contributed by atoms with Gasteiger partial charge in [0.1, 0.15) is 11.3 Å². The van der Waals surface area contributed by atoms with Crippen LogP contribution in [0.5, 0.6) is 0 Å². The molecule has 30 heavy (non-hydrogen) atoms. The van der Waals surface area contributed by atoms with Crippen molar-refractivity contribution in [2.75, 3.05) is 13.2 Å². The van der Waals surface area contributed by atoms with Crippen molar-refractivity contribution in [3.05, 3.63) is 88.2 Å². The van der Waals surface area contributed by atoms with Gasteiger partial charge in [0.05, 0.1) is 18.0 Å². The average molecular weight is 404 g/mol. The molecule has 4 aromatic rings. The second-order valence-corrected chi connectivity index (χ2v) is 7.63. The summed E-state index contributed by atoms with van der Waals surface area (Å²) in [5.41, 5.74) is 3.76. The van der Waals surface area contributed by atoms with Crippen LogP contribution in [0.15, 0.2) is 59.7 Å². The fraction of sp³-hybridized carbons (Fsp3) is 0.261. The zero-order valence-electron chi connectivity index (χ0n) is 16.6. The number of imidazole rings is 1. The van der Waals surface area contributed by atoms with Crippen molar-refractivity contribution >= 4 is 5.52 Å². The molecule has 6 nitrogen and oxygen atoms in total. The van der Waals surface area contributed by atoms with Crippen molar-refractivity contribution in [2.24, 2.45) is 7.05 Å². The maximum Gasteiger partial charge on any atom is 0.276 e. The van der Waals surface area contributed by atoms with Gasteiger partial charge in [0.15, 0.2) is 0 Å². The molecule has 0 amide bonds. The molecule has 152 valence electrons. The predicted molar refractivity (Wildman–Crippen MR) is 111 cm³/mol. The summed E-state index contributed by atoms with van der Waals surface area (Å²) in [5, 5.41) is 0. The third-order valence-electron chi connectivity index (χ3n) is 5.60. The minimum absolute atomic E-state index is 0.0641. The van der Waals surface area contributed by atoms with Crippen LogP contribution in [0.3, 0.4) is 0 Å². The number of nitrogens with zero attached hydrogens (tertiary/aromatic N) is 4. The van der Waals surface area contributed by atoms with Gasteiger partial charge in [0.2, 0.25) is 5.95 Å². The number of fused-ring (bicyclic) bond motifs is 1. The average Bonchev–Trinajstić information content (AvgIpc) is 3.40. The second kappa shape index (κ2) is 7.50. The van der Waals surface area contributed by atoms with Gasteiger partial charge < -0.3 is 9.30 Å². The summed E-state index contributed by atoms with van der Waals surface area (Å²) in [7, 11) is 1.75. The van der Waals surface area contributed by atoms with E-state index in [1.807, 2.05) is 34.9 Å². The lowest BCUT2D eigenvalue weighted by molar-refractivity contribution is 0.193. The Morgan fingerprint density at radius 3 is 2.70 bits per heavy atom. The van der Waals surface area contributed by atoms with Crippen molar-refractivity contribution in [2.45, 2.75) is 18.8 Å². The van der Waals surface area contributed by atoms with Crippen molar-refractivity contribution in [3.63, 3.8) is 0 Å². The summed E-state index contributed by atoms with van der Waals surface area (Å²) >= 11 is 0. The Bertz CT molecular complexity index is 1270. The molecule has 3 aromatic heterocycles. The molecule has 0 aliphatic carbocycles. The Morgan fingerprint density at radius 1 is 1.13 bits per heavy atom. The standard InChI is InChI=1S/C23H21FN4O2/c1-27-10-11-28-21(23(27)29)19(26-22(28)17-9-12-30-14-17)13-15-5-7-16(8-6-15)18-3-2-4-20(24)25-18/h2-8,10-11,17H,9,12-14H2,1H3. The van der Waals surface area contributed by atoms with Gasteiger partial charge in [-0.3, -0.25) is 9.20 Å². The van der Waals surface area contributed by atoms with Crippen LogP contribution in [0.1, 0.15) is 29.4 Å². The first kappa shape index (κ1) is 18.7. The largest absolute Gasteiger partial charge is 0.381 e. The van der Waals surface area contributed by atoms with Crippen LogP contribution in [0.4, 0.5) is 4.39 Å². The van der Waals surface area contributed by atoms with Gasteiger partial charge in [-0.1, -0.05) is 30.3 Å². The number of ether oxygens (including phenoxy) is 1. The number of rotatable bonds is 4. The van der Waals surface area contributed by atoms with Crippen molar-refractivity contribution in [1.82, 2.24) is 18.9 Å². The van der Waals surface area contributed by atoms with Crippen LogP contribution in [0.2, 0.25) is 0 Å².